The molecule has 1 aromatic carbocycles. The Balaban J connectivity index is 2.81. The molecule has 0 aliphatic carbocycles. The van der Waals surface area contributed by atoms with Gasteiger partial charge in [0, 0.05) is 6.26 Å². The molecule has 1 rings (SSSR count). The van der Waals surface area contributed by atoms with Crippen molar-refractivity contribution < 1.29 is 17.9 Å². The van der Waals surface area contributed by atoms with Crippen LogP contribution in [0.1, 0.15) is 18.1 Å². The molecular formula is C10H12BrFO3S. The molecule has 0 spiro atoms. The average molecular weight is 311 g/mol. The smallest absolute Gasteiger partial charge is 0.147 e. The van der Waals surface area contributed by atoms with Gasteiger partial charge in [-0.1, -0.05) is 12.1 Å². The highest BCUT2D eigenvalue weighted by molar-refractivity contribution is 9.10. The highest BCUT2D eigenvalue weighted by atomic mass is 79.9. The fraction of sp³-hybridized carbons (Fsp3) is 0.400. The molecule has 0 bridgehead atoms. The SMILES string of the molecule is CS(=O)(=O)CCC(O)c1cccc(F)c1Br. The van der Waals surface area contributed by atoms with Crippen molar-refractivity contribution in [3.63, 3.8) is 0 Å². The molecule has 0 aliphatic rings. The van der Waals surface area contributed by atoms with Gasteiger partial charge in [0.05, 0.1) is 16.3 Å². The van der Waals surface area contributed by atoms with E-state index in [2.05, 4.69) is 15.9 Å². The summed E-state index contributed by atoms with van der Waals surface area (Å²) < 4.78 is 35.2. The Morgan fingerprint density at radius 1 is 1.50 bits per heavy atom. The molecule has 1 atom stereocenters. The predicted molar refractivity (Wildman–Crippen MR) is 63.4 cm³/mol. The van der Waals surface area contributed by atoms with Gasteiger partial charge in [0.1, 0.15) is 15.7 Å². The maximum absolute atomic E-state index is 13.1. The summed E-state index contributed by atoms with van der Waals surface area (Å²) in [5, 5.41) is 9.73. The van der Waals surface area contributed by atoms with Crippen molar-refractivity contribution in [3.8, 4) is 0 Å². The number of hydrogen-bond acceptors (Lipinski definition) is 3. The van der Waals surface area contributed by atoms with Gasteiger partial charge in [-0.3, -0.25) is 0 Å². The number of rotatable bonds is 4. The number of aliphatic hydroxyl groups is 1. The number of sulfone groups is 1. The number of aliphatic hydroxyl groups excluding tert-OH is 1. The van der Waals surface area contributed by atoms with Crippen LogP contribution in [0.25, 0.3) is 0 Å². The van der Waals surface area contributed by atoms with Crippen molar-refractivity contribution in [1.82, 2.24) is 0 Å². The minimum atomic E-state index is -3.12. The summed E-state index contributed by atoms with van der Waals surface area (Å²) in [5.74, 6) is -0.604. The first-order chi connectivity index (χ1) is 7.31. The maximum Gasteiger partial charge on any atom is 0.147 e. The Morgan fingerprint density at radius 3 is 2.69 bits per heavy atom. The molecule has 0 fully saturated rings. The van der Waals surface area contributed by atoms with Crippen LogP contribution in [0.5, 0.6) is 0 Å². The Kier molecular flexibility index (Phi) is 4.46. The van der Waals surface area contributed by atoms with Crippen LogP contribution in [0.4, 0.5) is 4.39 Å². The van der Waals surface area contributed by atoms with Gasteiger partial charge in [-0.15, -0.1) is 0 Å². The third kappa shape index (κ3) is 3.84. The minimum Gasteiger partial charge on any atom is -0.388 e. The largest absolute Gasteiger partial charge is 0.388 e. The molecule has 0 aromatic heterocycles. The van der Waals surface area contributed by atoms with E-state index in [1.165, 1.54) is 12.1 Å². The standard InChI is InChI=1S/C10H12BrFO3S/c1-16(14,15)6-5-9(13)7-3-2-4-8(12)10(7)11/h2-4,9,13H,5-6H2,1H3. The predicted octanol–water partition coefficient (Wildman–Crippen LogP) is 2.06. The van der Waals surface area contributed by atoms with Gasteiger partial charge >= 0.3 is 0 Å². The van der Waals surface area contributed by atoms with Crippen LogP contribution in [0, 0.1) is 5.82 Å². The van der Waals surface area contributed by atoms with Gasteiger partial charge in [0.15, 0.2) is 0 Å². The number of hydrogen-bond donors (Lipinski definition) is 1. The summed E-state index contributed by atoms with van der Waals surface area (Å²) in [5.41, 5.74) is 0.364. The van der Waals surface area contributed by atoms with Crippen LogP contribution in [0.2, 0.25) is 0 Å². The zero-order chi connectivity index (χ0) is 12.3. The lowest BCUT2D eigenvalue weighted by Crippen LogP contribution is -2.09. The van der Waals surface area contributed by atoms with Crippen molar-refractivity contribution in [2.45, 2.75) is 12.5 Å². The summed E-state index contributed by atoms with van der Waals surface area (Å²) in [6.45, 7) is 0. The molecule has 0 heterocycles. The fourth-order valence-electron chi connectivity index (χ4n) is 1.26. The minimum absolute atomic E-state index is 0.0564. The normalized spacial score (nSPS) is 13.8. The van der Waals surface area contributed by atoms with Gasteiger partial charge < -0.3 is 5.11 Å². The summed E-state index contributed by atoms with van der Waals surface area (Å²) in [6.07, 6.45) is 0.168. The van der Waals surface area contributed by atoms with Crippen LogP contribution in [-0.4, -0.2) is 25.5 Å². The van der Waals surface area contributed by atoms with E-state index in [9.17, 15) is 17.9 Å². The van der Waals surface area contributed by atoms with E-state index in [1.54, 1.807) is 6.07 Å². The topological polar surface area (TPSA) is 54.4 Å². The van der Waals surface area contributed by atoms with E-state index < -0.39 is 21.8 Å². The van der Waals surface area contributed by atoms with Gasteiger partial charge in [-0.2, -0.15) is 0 Å². The highest BCUT2D eigenvalue weighted by Gasteiger charge is 2.15. The van der Waals surface area contributed by atoms with Gasteiger partial charge in [0.25, 0.3) is 0 Å². The van der Waals surface area contributed by atoms with Gasteiger partial charge in [-0.05, 0) is 34.0 Å². The van der Waals surface area contributed by atoms with Crippen LogP contribution in [-0.2, 0) is 9.84 Å². The lowest BCUT2D eigenvalue weighted by Gasteiger charge is -2.12. The zero-order valence-corrected chi connectivity index (χ0v) is 11.1. The Bertz CT molecular complexity index is 473. The summed E-state index contributed by atoms with van der Waals surface area (Å²) in [4.78, 5) is 0. The third-order valence-electron chi connectivity index (χ3n) is 2.10. The molecule has 16 heavy (non-hydrogen) atoms. The van der Waals surface area contributed by atoms with Crippen molar-refractivity contribution >= 4 is 25.8 Å². The second kappa shape index (κ2) is 5.25. The van der Waals surface area contributed by atoms with Crippen LogP contribution >= 0.6 is 15.9 Å². The molecule has 0 saturated heterocycles. The lowest BCUT2D eigenvalue weighted by molar-refractivity contribution is 0.173. The van der Waals surface area contributed by atoms with E-state index in [4.69, 9.17) is 0 Å². The van der Waals surface area contributed by atoms with E-state index in [0.29, 0.717) is 5.56 Å². The van der Waals surface area contributed by atoms with Crippen molar-refractivity contribution in [2.24, 2.45) is 0 Å². The second-order valence-electron chi connectivity index (χ2n) is 3.58. The molecule has 0 radical (unpaired) electrons. The molecule has 1 aromatic rings. The molecular weight excluding hydrogens is 299 g/mol. The Hall–Kier alpha value is -0.460. The summed E-state index contributed by atoms with van der Waals surface area (Å²) in [6, 6.07) is 4.29. The van der Waals surface area contributed by atoms with E-state index in [1.807, 2.05) is 0 Å². The molecule has 1 unspecified atom stereocenters. The van der Waals surface area contributed by atoms with Crippen molar-refractivity contribution in [1.29, 1.82) is 0 Å². The van der Waals surface area contributed by atoms with Crippen LogP contribution in [0.15, 0.2) is 22.7 Å². The zero-order valence-electron chi connectivity index (χ0n) is 8.65. The molecule has 0 saturated carbocycles. The fourth-order valence-corrected chi connectivity index (χ4v) is 2.44. The Morgan fingerprint density at radius 2 is 2.12 bits per heavy atom. The van der Waals surface area contributed by atoms with E-state index in [-0.39, 0.29) is 16.6 Å². The molecule has 90 valence electrons. The molecule has 6 heteroatoms. The van der Waals surface area contributed by atoms with Crippen molar-refractivity contribution in [2.75, 3.05) is 12.0 Å². The molecule has 0 amide bonds. The quantitative estimate of drug-likeness (QED) is 0.926. The van der Waals surface area contributed by atoms with Crippen LogP contribution < -0.4 is 0 Å². The van der Waals surface area contributed by atoms with Gasteiger partial charge in [0.2, 0.25) is 0 Å². The second-order valence-corrected chi connectivity index (χ2v) is 6.63. The van der Waals surface area contributed by atoms with Crippen molar-refractivity contribution in [3.05, 3.63) is 34.1 Å². The summed E-state index contributed by atoms with van der Waals surface area (Å²) >= 11 is 3.02. The highest BCUT2D eigenvalue weighted by Crippen LogP contribution is 2.27. The monoisotopic (exact) mass is 310 g/mol. The van der Waals surface area contributed by atoms with E-state index in [0.717, 1.165) is 6.26 Å². The molecule has 0 aliphatic heterocycles. The average Bonchev–Trinajstić information content (AvgIpc) is 2.17. The van der Waals surface area contributed by atoms with E-state index >= 15 is 0 Å². The third-order valence-corrected chi connectivity index (χ3v) is 3.92. The Labute approximate surface area is 102 Å². The molecule has 3 nitrogen and oxygen atoms in total. The first kappa shape index (κ1) is 13.6. The first-order valence-corrected chi connectivity index (χ1v) is 7.46. The maximum atomic E-state index is 13.1. The lowest BCUT2D eigenvalue weighted by atomic mass is 10.1. The number of halogens is 2. The van der Waals surface area contributed by atoms with Crippen LogP contribution in [0.3, 0.4) is 0 Å². The first-order valence-electron chi connectivity index (χ1n) is 4.61. The van der Waals surface area contributed by atoms with Gasteiger partial charge in [-0.25, -0.2) is 12.8 Å². The summed E-state index contributed by atoms with van der Waals surface area (Å²) in [7, 11) is -3.12. The number of benzene rings is 1. The molecule has 1 N–H and O–H groups in total.